The maximum Gasteiger partial charge on any atom is 0.271 e. The van der Waals surface area contributed by atoms with Gasteiger partial charge in [-0.1, -0.05) is 12.1 Å². The normalized spacial score (nSPS) is 12.8. The van der Waals surface area contributed by atoms with E-state index in [0.29, 0.717) is 30.1 Å². The summed E-state index contributed by atoms with van der Waals surface area (Å²) in [5, 5.41) is 11.1. The van der Waals surface area contributed by atoms with Crippen LogP contribution < -0.4 is 13.9 Å². The number of carbonyl (C=O) groups is 1. The van der Waals surface area contributed by atoms with Crippen LogP contribution in [-0.2, 0) is 16.4 Å². The maximum absolute atomic E-state index is 13.2. The van der Waals surface area contributed by atoms with Crippen molar-refractivity contribution in [1.82, 2.24) is 0 Å². The molecule has 3 aromatic carbocycles. The van der Waals surface area contributed by atoms with Crippen LogP contribution in [0.2, 0.25) is 0 Å². The summed E-state index contributed by atoms with van der Waals surface area (Å²) in [6.45, 7) is 0.359. The third-order valence-corrected chi connectivity index (χ3v) is 7.38. The molecule has 10 heteroatoms. The van der Waals surface area contributed by atoms with E-state index in [1.54, 1.807) is 30.3 Å². The van der Waals surface area contributed by atoms with E-state index in [4.69, 9.17) is 4.74 Å². The number of ether oxygens (including phenoxy) is 1. The molecule has 0 radical (unpaired) electrons. The van der Waals surface area contributed by atoms with Gasteiger partial charge in [-0.05, 0) is 54.4 Å². The minimum absolute atomic E-state index is 0.0369. The predicted molar refractivity (Wildman–Crippen MR) is 124 cm³/mol. The molecule has 0 saturated heterocycles. The smallest absolute Gasteiger partial charge is 0.271 e. The molecule has 3 aromatic rings. The van der Waals surface area contributed by atoms with Gasteiger partial charge in [-0.2, -0.15) is 0 Å². The number of hydrogen-bond donors (Lipinski definition) is 0. The third kappa shape index (κ3) is 4.12. The van der Waals surface area contributed by atoms with Crippen LogP contribution in [0.1, 0.15) is 15.9 Å². The van der Waals surface area contributed by atoms with Gasteiger partial charge in [0.1, 0.15) is 5.75 Å². The molecule has 0 unspecified atom stereocenters. The van der Waals surface area contributed by atoms with Crippen LogP contribution in [0.4, 0.5) is 17.1 Å². The quantitative estimate of drug-likeness (QED) is 0.404. The van der Waals surface area contributed by atoms with Gasteiger partial charge >= 0.3 is 0 Å². The van der Waals surface area contributed by atoms with E-state index in [2.05, 4.69) is 0 Å². The van der Waals surface area contributed by atoms with E-state index in [9.17, 15) is 23.3 Å². The number of nitrogens with zero attached hydrogens (tertiary/aromatic N) is 3. The van der Waals surface area contributed by atoms with Gasteiger partial charge in [-0.3, -0.25) is 19.2 Å². The lowest BCUT2D eigenvalue weighted by atomic mass is 10.1. The van der Waals surface area contributed by atoms with E-state index >= 15 is 0 Å². The fraction of sp³-hybridized carbons (Fsp3) is 0.174. The molecule has 0 aromatic heterocycles. The number of rotatable bonds is 6. The standard InChI is InChI=1S/C23H21N3O6S/c1-24(18-8-10-20(32-2)11-9-18)33(30,31)21-5-3-4-17(14-21)23(27)25-13-12-16-6-7-19(26(28)29)15-22(16)25/h3-11,14-15H,12-13H2,1-2H3. The van der Waals surface area contributed by atoms with E-state index in [-0.39, 0.29) is 16.1 Å². The molecular formula is C23H21N3O6S. The summed E-state index contributed by atoms with van der Waals surface area (Å²) in [4.78, 5) is 25.3. The fourth-order valence-corrected chi connectivity index (χ4v) is 4.97. The van der Waals surface area contributed by atoms with Gasteiger partial charge in [0.25, 0.3) is 21.6 Å². The number of nitro groups is 1. The van der Waals surface area contributed by atoms with Crippen LogP contribution in [-0.4, -0.2) is 40.0 Å². The molecular weight excluding hydrogens is 446 g/mol. The average molecular weight is 468 g/mol. The molecule has 0 N–H and O–H groups in total. The number of carbonyl (C=O) groups excluding carboxylic acids is 1. The van der Waals surface area contributed by atoms with Crippen LogP contribution in [0.25, 0.3) is 0 Å². The largest absolute Gasteiger partial charge is 0.497 e. The topological polar surface area (TPSA) is 110 Å². The molecule has 33 heavy (non-hydrogen) atoms. The second kappa shape index (κ2) is 8.55. The summed E-state index contributed by atoms with van der Waals surface area (Å²) in [7, 11) is -0.982. The second-order valence-electron chi connectivity index (χ2n) is 7.48. The minimum Gasteiger partial charge on any atom is -0.497 e. The first-order valence-electron chi connectivity index (χ1n) is 10.0. The predicted octanol–water partition coefficient (Wildman–Crippen LogP) is 3.63. The van der Waals surface area contributed by atoms with Crippen molar-refractivity contribution in [3.05, 3.63) is 88.0 Å². The van der Waals surface area contributed by atoms with Gasteiger partial charge in [0.2, 0.25) is 0 Å². The van der Waals surface area contributed by atoms with Crippen molar-refractivity contribution in [1.29, 1.82) is 0 Å². The Bertz CT molecular complexity index is 1340. The first-order chi connectivity index (χ1) is 15.7. The Morgan fingerprint density at radius 1 is 1.09 bits per heavy atom. The number of hydrogen-bond acceptors (Lipinski definition) is 6. The summed E-state index contributed by atoms with van der Waals surface area (Å²) in [5.41, 5.74) is 1.81. The number of methoxy groups -OCH3 is 1. The molecule has 1 heterocycles. The number of sulfonamides is 1. The molecule has 9 nitrogen and oxygen atoms in total. The first kappa shape index (κ1) is 22.3. The highest BCUT2D eigenvalue weighted by molar-refractivity contribution is 7.92. The number of benzene rings is 3. The number of fused-ring (bicyclic) bond motifs is 1. The lowest BCUT2D eigenvalue weighted by Crippen LogP contribution is -2.30. The number of non-ortho nitro benzene ring substituents is 1. The van der Waals surface area contributed by atoms with Crippen molar-refractivity contribution in [3.63, 3.8) is 0 Å². The minimum atomic E-state index is -3.94. The number of nitro benzene ring substituents is 1. The Morgan fingerprint density at radius 2 is 1.82 bits per heavy atom. The van der Waals surface area contributed by atoms with Crippen LogP contribution >= 0.6 is 0 Å². The molecule has 0 saturated carbocycles. The molecule has 0 fully saturated rings. The maximum atomic E-state index is 13.2. The summed E-state index contributed by atoms with van der Waals surface area (Å²) < 4.78 is 32.6. The summed E-state index contributed by atoms with van der Waals surface area (Å²) >= 11 is 0. The molecule has 1 aliphatic heterocycles. The molecule has 0 bridgehead atoms. The van der Waals surface area contributed by atoms with Crippen LogP contribution in [0.15, 0.2) is 71.6 Å². The first-order valence-corrected chi connectivity index (χ1v) is 11.5. The van der Waals surface area contributed by atoms with Gasteiger partial charge in [-0.25, -0.2) is 8.42 Å². The molecule has 1 amide bonds. The van der Waals surface area contributed by atoms with Crippen molar-refractivity contribution in [2.24, 2.45) is 0 Å². The average Bonchev–Trinajstić information content (AvgIpc) is 3.26. The van der Waals surface area contributed by atoms with E-state index in [1.807, 2.05) is 0 Å². The van der Waals surface area contributed by atoms with Crippen molar-refractivity contribution in [2.45, 2.75) is 11.3 Å². The Hall–Kier alpha value is -3.92. The zero-order valence-corrected chi connectivity index (χ0v) is 18.8. The van der Waals surface area contributed by atoms with Crippen LogP contribution in [0.5, 0.6) is 5.75 Å². The van der Waals surface area contributed by atoms with Crippen LogP contribution in [0.3, 0.4) is 0 Å². The molecule has 0 aliphatic carbocycles. The van der Waals surface area contributed by atoms with E-state index in [1.165, 1.54) is 55.5 Å². The fourth-order valence-electron chi connectivity index (χ4n) is 3.73. The molecule has 1 aliphatic rings. The van der Waals surface area contributed by atoms with Crippen molar-refractivity contribution in [2.75, 3.05) is 29.9 Å². The number of amides is 1. The van der Waals surface area contributed by atoms with Gasteiger partial charge in [-0.15, -0.1) is 0 Å². The highest BCUT2D eigenvalue weighted by atomic mass is 32.2. The molecule has 0 atom stereocenters. The zero-order chi connectivity index (χ0) is 23.8. The lowest BCUT2D eigenvalue weighted by molar-refractivity contribution is -0.384. The van der Waals surface area contributed by atoms with Gasteiger partial charge < -0.3 is 9.64 Å². The Balaban J connectivity index is 1.64. The highest BCUT2D eigenvalue weighted by Crippen LogP contribution is 2.33. The number of anilines is 2. The summed E-state index contributed by atoms with van der Waals surface area (Å²) in [5.74, 6) is 0.182. The summed E-state index contributed by atoms with van der Waals surface area (Å²) in [6, 6.07) is 16.8. The SMILES string of the molecule is COc1ccc(N(C)S(=O)(=O)c2cccc(C(=O)N3CCc4ccc([N+](=O)[O-])cc43)c2)cc1. The van der Waals surface area contributed by atoms with Gasteiger partial charge in [0.15, 0.2) is 0 Å². The van der Waals surface area contributed by atoms with Crippen molar-refractivity contribution < 1.29 is 22.9 Å². The van der Waals surface area contributed by atoms with Crippen molar-refractivity contribution in [3.8, 4) is 5.75 Å². The second-order valence-corrected chi connectivity index (χ2v) is 9.44. The van der Waals surface area contributed by atoms with E-state index < -0.39 is 20.9 Å². The van der Waals surface area contributed by atoms with Crippen LogP contribution in [0, 0.1) is 10.1 Å². The third-order valence-electron chi connectivity index (χ3n) is 5.60. The Kier molecular flexibility index (Phi) is 5.77. The van der Waals surface area contributed by atoms with Gasteiger partial charge in [0.05, 0.1) is 28.3 Å². The monoisotopic (exact) mass is 467 g/mol. The van der Waals surface area contributed by atoms with Gasteiger partial charge in [0, 0.05) is 31.3 Å². The van der Waals surface area contributed by atoms with Crippen molar-refractivity contribution >= 4 is 33.0 Å². The Labute approximate surface area is 191 Å². The molecule has 170 valence electrons. The summed E-state index contributed by atoms with van der Waals surface area (Å²) in [6.07, 6.45) is 0.567. The molecule has 4 rings (SSSR count). The molecule has 0 spiro atoms. The lowest BCUT2D eigenvalue weighted by Gasteiger charge is -2.21. The Morgan fingerprint density at radius 3 is 2.48 bits per heavy atom. The highest BCUT2D eigenvalue weighted by Gasteiger charge is 2.29. The van der Waals surface area contributed by atoms with E-state index in [0.717, 1.165) is 9.87 Å². The zero-order valence-electron chi connectivity index (χ0n) is 18.0.